The number of rotatable bonds is 1. The average molecular weight is 170 g/mol. The summed E-state index contributed by atoms with van der Waals surface area (Å²) in [5.41, 5.74) is 0. The fraction of sp³-hybridized carbons (Fsp3) is 0.833. The fourth-order valence-electron chi connectivity index (χ4n) is 1.36. The van der Waals surface area contributed by atoms with Crippen LogP contribution in [0.2, 0.25) is 0 Å². The van der Waals surface area contributed by atoms with Crippen LogP contribution in [0.5, 0.6) is 0 Å². The minimum atomic E-state index is 0.559. The van der Waals surface area contributed by atoms with Crippen LogP contribution in [0.15, 0.2) is 0 Å². The summed E-state index contributed by atoms with van der Waals surface area (Å²) in [6, 6.07) is 0. The summed E-state index contributed by atoms with van der Waals surface area (Å²) in [6.07, 6.45) is 2.47. The van der Waals surface area contributed by atoms with E-state index in [0.717, 1.165) is 18.1 Å². The molecule has 5 heteroatoms. The molecular formula is C6H10N4S. The quantitative estimate of drug-likeness (QED) is 0.663. The van der Waals surface area contributed by atoms with Gasteiger partial charge in [-0.1, -0.05) is 4.49 Å². The number of hydrogen-bond donors (Lipinski definition) is 1. The Kier molecular flexibility index (Phi) is 2.09. The number of aromatic nitrogens is 3. The average Bonchev–Trinajstić information content (AvgIpc) is 2.58. The van der Waals surface area contributed by atoms with Gasteiger partial charge in [0.15, 0.2) is 0 Å². The molecule has 1 atom stereocenters. The van der Waals surface area contributed by atoms with Gasteiger partial charge in [0.2, 0.25) is 0 Å². The van der Waals surface area contributed by atoms with Crippen LogP contribution < -0.4 is 5.32 Å². The molecule has 1 unspecified atom stereocenters. The van der Waals surface area contributed by atoms with E-state index in [0.29, 0.717) is 5.92 Å². The second-order valence-corrected chi connectivity index (χ2v) is 3.51. The van der Waals surface area contributed by atoms with Crippen LogP contribution in [-0.2, 0) is 0 Å². The Bertz CT molecular complexity index is 204. The van der Waals surface area contributed by atoms with Gasteiger partial charge >= 0.3 is 0 Å². The molecule has 0 aromatic carbocycles. The highest BCUT2D eigenvalue weighted by Gasteiger charge is 2.17. The van der Waals surface area contributed by atoms with Crippen molar-refractivity contribution in [3.63, 3.8) is 0 Å². The van der Waals surface area contributed by atoms with Crippen molar-refractivity contribution < 1.29 is 0 Å². The van der Waals surface area contributed by atoms with Crippen molar-refractivity contribution in [2.75, 3.05) is 13.1 Å². The van der Waals surface area contributed by atoms with E-state index in [1.54, 1.807) is 0 Å². The fourth-order valence-corrected chi connectivity index (χ4v) is 1.94. The van der Waals surface area contributed by atoms with Crippen molar-refractivity contribution in [1.82, 2.24) is 20.1 Å². The minimum Gasteiger partial charge on any atom is -0.316 e. The first-order valence-electron chi connectivity index (χ1n) is 3.82. The summed E-state index contributed by atoms with van der Waals surface area (Å²) >= 11 is 1.42. The van der Waals surface area contributed by atoms with Gasteiger partial charge in [0.1, 0.15) is 5.01 Å². The third kappa shape index (κ3) is 1.54. The summed E-state index contributed by atoms with van der Waals surface area (Å²) in [4.78, 5) is 0. The molecule has 11 heavy (non-hydrogen) atoms. The van der Waals surface area contributed by atoms with Crippen molar-refractivity contribution in [2.45, 2.75) is 18.8 Å². The highest BCUT2D eigenvalue weighted by atomic mass is 32.1. The van der Waals surface area contributed by atoms with Crippen molar-refractivity contribution >= 4 is 11.5 Å². The van der Waals surface area contributed by atoms with Crippen molar-refractivity contribution in [3.05, 3.63) is 5.01 Å². The second-order valence-electron chi connectivity index (χ2n) is 2.74. The van der Waals surface area contributed by atoms with Gasteiger partial charge < -0.3 is 5.32 Å². The zero-order valence-corrected chi connectivity index (χ0v) is 6.97. The van der Waals surface area contributed by atoms with Gasteiger partial charge in [-0.25, -0.2) is 0 Å². The van der Waals surface area contributed by atoms with Gasteiger partial charge in [-0.3, -0.25) is 0 Å². The highest BCUT2D eigenvalue weighted by Crippen LogP contribution is 2.22. The van der Waals surface area contributed by atoms with Crippen LogP contribution in [-0.4, -0.2) is 27.9 Å². The Hall–Kier alpha value is -0.550. The molecule has 1 fully saturated rings. The summed E-state index contributed by atoms with van der Waals surface area (Å²) < 4.78 is 3.75. The lowest BCUT2D eigenvalue weighted by Gasteiger charge is -2.19. The maximum Gasteiger partial charge on any atom is 0.142 e. The highest BCUT2D eigenvalue weighted by molar-refractivity contribution is 7.05. The third-order valence-electron chi connectivity index (χ3n) is 1.96. The Morgan fingerprint density at radius 1 is 1.55 bits per heavy atom. The molecule has 0 spiro atoms. The molecule has 0 aliphatic carbocycles. The smallest absolute Gasteiger partial charge is 0.142 e. The van der Waals surface area contributed by atoms with Gasteiger partial charge in [-0.15, -0.1) is 5.10 Å². The predicted molar refractivity (Wildman–Crippen MR) is 42.5 cm³/mol. The van der Waals surface area contributed by atoms with E-state index in [1.165, 1.54) is 24.4 Å². The molecule has 1 saturated heterocycles. The van der Waals surface area contributed by atoms with Gasteiger partial charge in [0.25, 0.3) is 0 Å². The number of hydrogen-bond acceptors (Lipinski definition) is 5. The first-order chi connectivity index (χ1) is 5.47. The Balaban J connectivity index is 2.04. The van der Waals surface area contributed by atoms with E-state index in [-0.39, 0.29) is 0 Å². The van der Waals surface area contributed by atoms with Gasteiger partial charge in [-0.2, -0.15) is 0 Å². The minimum absolute atomic E-state index is 0.559. The van der Waals surface area contributed by atoms with Crippen molar-refractivity contribution in [1.29, 1.82) is 0 Å². The summed E-state index contributed by atoms with van der Waals surface area (Å²) in [5, 5.41) is 12.0. The monoisotopic (exact) mass is 170 g/mol. The zero-order chi connectivity index (χ0) is 7.52. The largest absolute Gasteiger partial charge is 0.316 e. The lowest BCUT2D eigenvalue weighted by atomic mass is 10.0. The molecule has 0 bridgehead atoms. The standard InChI is InChI=1S/C6H10N4S/c1-2-5(4-7-3-1)6-8-9-10-11-6/h5,7H,1-4H2. The molecule has 4 nitrogen and oxygen atoms in total. The van der Waals surface area contributed by atoms with Gasteiger partial charge in [0.05, 0.1) is 0 Å². The van der Waals surface area contributed by atoms with Gasteiger partial charge in [0, 0.05) is 24.0 Å². The molecule has 0 saturated carbocycles. The van der Waals surface area contributed by atoms with E-state index in [9.17, 15) is 0 Å². The van der Waals surface area contributed by atoms with E-state index >= 15 is 0 Å². The summed E-state index contributed by atoms with van der Waals surface area (Å²) in [7, 11) is 0. The Labute approximate surface area is 69.2 Å². The Morgan fingerprint density at radius 2 is 2.55 bits per heavy atom. The van der Waals surface area contributed by atoms with Crippen LogP contribution in [0.25, 0.3) is 0 Å². The molecule has 1 aromatic rings. The maximum atomic E-state index is 3.96. The first-order valence-corrected chi connectivity index (χ1v) is 4.60. The molecular weight excluding hydrogens is 160 g/mol. The van der Waals surface area contributed by atoms with Crippen molar-refractivity contribution in [3.8, 4) is 0 Å². The predicted octanol–water partition coefficient (Wildman–Crippen LogP) is 0.400. The molecule has 1 aliphatic rings. The van der Waals surface area contributed by atoms with E-state index in [1.807, 2.05) is 0 Å². The molecule has 1 aliphatic heterocycles. The topological polar surface area (TPSA) is 50.7 Å². The summed E-state index contributed by atoms with van der Waals surface area (Å²) in [6.45, 7) is 2.18. The maximum absolute atomic E-state index is 3.96. The molecule has 2 heterocycles. The van der Waals surface area contributed by atoms with Gasteiger partial charge in [-0.05, 0) is 24.6 Å². The number of piperidine rings is 1. The Morgan fingerprint density at radius 3 is 3.18 bits per heavy atom. The van der Waals surface area contributed by atoms with Crippen LogP contribution in [0, 0.1) is 0 Å². The van der Waals surface area contributed by atoms with E-state index in [4.69, 9.17) is 0 Å². The molecule has 0 radical (unpaired) electrons. The number of nitrogens with one attached hydrogen (secondary N) is 1. The molecule has 60 valence electrons. The molecule has 0 amide bonds. The normalized spacial score (nSPS) is 25.3. The molecule has 2 rings (SSSR count). The molecule has 1 N–H and O–H groups in total. The molecule has 1 aromatic heterocycles. The van der Waals surface area contributed by atoms with E-state index in [2.05, 4.69) is 20.1 Å². The van der Waals surface area contributed by atoms with Crippen LogP contribution in [0.1, 0.15) is 23.8 Å². The van der Waals surface area contributed by atoms with Crippen LogP contribution >= 0.6 is 11.5 Å². The number of nitrogens with zero attached hydrogens (tertiary/aromatic N) is 3. The SMILES string of the molecule is C1CNCC(c2nnns2)C1. The van der Waals surface area contributed by atoms with Crippen molar-refractivity contribution in [2.24, 2.45) is 0 Å². The summed E-state index contributed by atoms with van der Waals surface area (Å²) in [5.74, 6) is 0.559. The van der Waals surface area contributed by atoms with Crippen LogP contribution in [0.4, 0.5) is 0 Å². The van der Waals surface area contributed by atoms with Crippen LogP contribution in [0.3, 0.4) is 0 Å². The zero-order valence-electron chi connectivity index (χ0n) is 6.16. The van der Waals surface area contributed by atoms with E-state index < -0.39 is 0 Å². The lowest BCUT2D eigenvalue weighted by Crippen LogP contribution is -2.28. The first kappa shape index (κ1) is 7.12. The lowest BCUT2D eigenvalue weighted by molar-refractivity contribution is 0.458. The second kappa shape index (κ2) is 3.23. The third-order valence-corrected chi connectivity index (χ3v) is 2.72.